The monoisotopic (exact) mass is 322 g/mol. The molecule has 1 aromatic heterocycles. The molecule has 0 radical (unpaired) electrons. The minimum absolute atomic E-state index is 0.197. The van der Waals surface area contributed by atoms with Gasteiger partial charge in [-0.25, -0.2) is 13.4 Å². The minimum atomic E-state index is -3.70. The maximum absolute atomic E-state index is 12.7. The first-order chi connectivity index (χ1) is 9.71. The predicted octanol–water partition coefficient (Wildman–Crippen LogP) is 2.13. The molecule has 2 rings (SSSR count). The molecule has 1 aliphatic rings. The molecule has 21 heavy (non-hydrogen) atoms. The summed E-state index contributed by atoms with van der Waals surface area (Å²) in [6, 6.07) is 0. The Morgan fingerprint density at radius 2 is 2.10 bits per heavy atom. The molecule has 0 atom stereocenters. The summed E-state index contributed by atoms with van der Waals surface area (Å²) in [5.41, 5.74) is -1.24. The number of nitrogens with zero attached hydrogens (tertiary/aromatic N) is 2. The van der Waals surface area contributed by atoms with Gasteiger partial charge >= 0.3 is 6.55 Å². The van der Waals surface area contributed by atoms with Crippen molar-refractivity contribution in [3.63, 3.8) is 0 Å². The molecule has 0 bridgehead atoms. The molecule has 5 nitrogen and oxygen atoms in total. The van der Waals surface area contributed by atoms with Crippen LogP contribution in [-0.4, -0.2) is 34.4 Å². The van der Waals surface area contributed by atoms with E-state index < -0.39 is 33.5 Å². The average Bonchev–Trinajstić information content (AvgIpc) is 2.80. The van der Waals surface area contributed by atoms with Crippen LogP contribution >= 0.6 is 0 Å². The van der Waals surface area contributed by atoms with E-state index >= 15 is 0 Å². The van der Waals surface area contributed by atoms with Gasteiger partial charge < -0.3 is 5.11 Å². The standard InChI is InChI=1S/C13H20F2N2O3S/c1-10-2-4-13(18,5-3-10)9-21(19,20)8-11-16-6-7-17(11)12(14)15/h6-7,10,12,18H,2-5,8-9H2,1H3. The summed E-state index contributed by atoms with van der Waals surface area (Å²) in [5.74, 6) is -0.700. The van der Waals surface area contributed by atoms with Gasteiger partial charge in [-0.15, -0.1) is 0 Å². The molecule has 0 spiro atoms. The normalized spacial score (nSPS) is 27.2. The molecule has 1 saturated carbocycles. The first-order valence-electron chi connectivity index (χ1n) is 6.93. The highest BCUT2D eigenvalue weighted by Gasteiger charge is 2.36. The Kier molecular flexibility index (Phi) is 4.67. The van der Waals surface area contributed by atoms with Gasteiger partial charge in [0, 0.05) is 12.4 Å². The van der Waals surface area contributed by atoms with Crippen LogP contribution < -0.4 is 0 Å². The highest BCUT2D eigenvalue weighted by atomic mass is 32.2. The number of aliphatic hydroxyl groups is 1. The van der Waals surface area contributed by atoms with Crippen LogP contribution in [0.2, 0.25) is 0 Å². The summed E-state index contributed by atoms with van der Waals surface area (Å²) in [6.07, 6.45) is 4.60. The summed E-state index contributed by atoms with van der Waals surface area (Å²) >= 11 is 0. The van der Waals surface area contributed by atoms with Crippen LogP contribution in [0.3, 0.4) is 0 Å². The summed E-state index contributed by atoms with van der Waals surface area (Å²) in [7, 11) is -3.70. The number of sulfone groups is 1. The van der Waals surface area contributed by atoms with Crippen molar-refractivity contribution >= 4 is 9.84 Å². The predicted molar refractivity (Wildman–Crippen MR) is 73.6 cm³/mol. The number of aromatic nitrogens is 2. The molecule has 1 aromatic rings. The van der Waals surface area contributed by atoms with Gasteiger partial charge in [-0.1, -0.05) is 6.92 Å². The zero-order valence-electron chi connectivity index (χ0n) is 11.9. The van der Waals surface area contributed by atoms with Gasteiger partial charge in [0.25, 0.3) is 0 Å². The fourth-order valence-electron chi connectivity index (χ4n) is 2.73. The van der Waals surface area contributed by atoms with Crippen molar-refractivity contribution in [2.75, 3.05) is 5.75 Å². The van der Waals surface area contributed by atoms with Gasteiger partial charge in [0.1, 0.15) is 11.6 Å². The van der Waals surface area contributed by atoms with Gasteiger partial charge in [0.05, 0.1) is 11.4 Å². The number of halogens is 2. The summed E-state index contributed by atoms with van der Waals surface area (Å²) in [4.78, 5) is 3.67. The largest absolute Gasteiger partial charge is 0.389 e. The van der Waals surface area contributed by atoms with Gasteiger partial charge in [0.2, 0.25) is 0 Å². The van der Waals surface area contributed by atoms with Crippen LogP contribution in [0, 0.1) is 5.92 Å². The number of rotatable bonds is 5. The van der Waals surface area contributed by atoms with E-state index in [4.69, 9.17) is 0 Å². The topological polar surface area (TPSA) is 72.2 Å². The van der Waals surface area contributed by atoms with Crippen molar-refractivity contribution in [2.24, 2.45) is 5.92 Å². The Hall–Kier alpha value is -1.02. The maximum atomic E-state index is 12.7. The first-order valence-corrected chi connectivity index (χ1v) is 8.76. The van der Waals surface area contributed by atoms with Crippen LogP contribution in [0.25, 0.3) is 0 Å². The van der Waals surface area contributed by atoms with E-state index in [1.54, 1.807) is 0 Å². The smallest absolute Gasteiger partial charge is 0.319 e. The number of imidazole rings is 1. The second kappa shape index (κ2) is 6.00. The van der Waals surface area contributed by atoms with Gasteiger partial charge in [-0.2, -0.15) is 8.78 Å². The molecule has 8 heteroatoms. The molecule has 1 N–H and O–H groups in total. The molecule has 0 unspecified atom stereocenters. The number of hydrogen-bond acceptors (Lipinski definition) is 4. The molecule has 0 saturated heterocycles. The van der Waals surface area contributed by atoms with Crippen molar-refractivity contribution in [2.45, 2.75) is 50.5 Å². The lowest BCUT2D eigenvalue weighted by Gasteiger charge is -2.34. The fraction of sp³-hybridized carbons (Fsp3) is 0.769. The number of alkyl halides is 2. The van der Waals surface area contributed by atoms with E-state index in [1.165, 1.54) is 0 Å². The van der Waals surface area contributed by atoms with Crippen molar-refractivity contribution < 1.29 is 22.3 Å². The third-order valence-electron chi connectivity index (χ3n) is 4.00. The third kappa shape index (κ3) is 4.23. The molecule has 0 aromatic carbocycles. The SMILES string of the molecule is CC1CCC(O)(CS(=O)(=O)Cc2nccn2C(F)F)CC1. The van der Waals surface area contributed by atoms with Crippen LogP contribution in [0.4, 0.5) is 8.78 Å². The Balaban J connectivity index is 2.07. The summed E-state index contributed by atoms with van der Waals surface area (Å²) in [5, 5.41) is 10.4. The molecule has 1 fully saturated rings. The molecule has 0 amide bonds. The van der Waals surface area contributed by atoms with E-state index in [-0.39, 0.29) is 5.82 Å². The quantitative estimate of drug-likeness (QED) is 0.901. The van der Waals surface area contributed by atoms with E-state index in [0.29, 0.717) is 23.3 Å². The highest BCUT2D eigenvalue weighted by molar-refractivity contribution is 7.90. The molecule has 1 heterocycles. The molecule has 120 valence electrons. The van der Waals surface area contributed by atoms with Crippen molar-refractivity contribution in [1.29, 1.82) is 0 Å². The Morgan fingerprint density at radius 3 is 2.67 bits per heavy atom. The van der Waals surface area contributed by atoms with Gasteiger partial charge in [0.15, 0.2) is 9.84 Å². The fourth-order valence-corrected chi connectivity index (χ4v) is 4.56. The van der Waals surface area contributed by atoms with Crippen LogP contribution in [0.15, 0.2) is 12.4 Å². The van der Waals surface area contributed by atoms with Gasteiger partial charge in [-0.3, -0.25) is 4.57 Å². The lowest BCUT2D eigenvalue weighted by molar-refractivity contribution is 0.0135. The average molecular weight is 322 g/mol. The third-order valence-corrected chi connectivity index (χ3v) is 5.68. The molecule has 1 aliphatic carbocycles. The second-order valence-corrected chi connectivity index (χ2v) is 8.03. The molecular formula is C13H20F2N2O3S. The van der Waals surface area contributed by atoms with E-state index in [2.05, 4.69) is 11.9 Å². The van der Waals surface area contributed by atoms with E-state index in [9.17, 15) is 22.3 Å². The van der Waals surface area contributed by atoms with Crippen molar-refractivity contribution in [3.8, 4) is 0 Å². The highest BCUT2D eigenvalue weighted by Crippen LogP contribution is 2.33. The Bertz CT molecular complexity index is 578. The van der Waals surface area contributed by atoms with E-state index in [1.807, 2.05) is 0 Å². The lowest BCUT2D eigenvalue weighted by atomic mass is 9.81. The first kappa shape index (κ1) is 16.4. The molecular weight excluding hydrogens is 302 g/mol. The van der Waals surface area contributed by atoms with Crippen molar-refractivity contribution in [1.82, 2.24) is 9.55 Å². The minimum Gasteiger partial charge on any atom is -0.389 e. The van der Waals surface area contributed by atoms with Crippen LogP contribution in [-0.2, 0) is 15.6 Å². The molecule has 0 aliphatic heterocycles. The second-order valence-electron chi connectivity index (χ2n) is 5.97. The number of hydrogen-bond donors (Lipinski definition) is 1. The Morgan fingerprint density at radius 1 is 1.48 bits per heavy atom. The van der Waals surface area contributed by atoms with Crippen LogP contribution in [0.1, 0.15) is 45.0 Å². The summed E-state index contributed by atoms with van der Waals surface area (Å²) < 4.78 is 50.3. The Labute approximate surface area is 122 Å². The van der Waals surface area contributed by atoms with Crippen molar-refractivity contribution in [3.05, 3.63) is 18.2 Å². The maximum Gasteiger partial charge on any atom is 0.319 e. The lowest BCUT2D eigenvalue weighted by Crippen LogP contribution is -2.41. The van der Waals surface area contributed by atoms with Crippen LogP contribution in [0.5, 0.6) is 0 Å². The zero-order chi connectivity index (χ0) is 15.7. The van der Waals surface area contributed by atoms with Gasteiger partial charge in [-0.05, 0) is 31.6 Å². The summed E-state index contributed by atoms with van der Waals surface area (Å²) in [6.45, 7) is -0.760. The van der Waals surface area contributed by atoms with E-state index in [0.717, 1.165) is 25.2 Å². The zero-order valence-corrected chi connectivity index (χ0v) is 12.7.